The van der Waals surface area contributed by atoms with Gasteiger partial charge in [0.1, 0.15) is 18.1 Å². The summed E-state index contributed by atoms with van der Waals surface area (Å²) in [5.41, 5.74) is 2.29. The summed E-state index contributed by atoms with van der Waals surface area (Å²) in [6.07, 6.45) is 0. The predicted molar refractivity (Wildman–Crippen MR) is 108 cm³/mol. The molecule has 2 aromatic rings. The van der Waals surface area contributed by atoms with E-state index in [-0.39, 0.29) is 23.6 Å². The highest BCUT2D eigenvalue weighted by molar-refractivity contribution is 7.89. The molecule has 0 aromatic heterocycles. The highest BCUT2D eigenvalue weighted by atomic mass is 32.2. The molecule has 0 atom stereocenters. The van der Waals surface area contributed by atoms with Gasteiger partial charge in [0.05, 0.1) is 17.6 Å². The summed E-state index contributed by atoms with van der Waals surface area (Å²) in [7, 11) is -2.37. The van der Waals surface area contributed by atoms with Gasteiger partial charge < -0.3 is 14.8 Å². The van der Waals surface area contributed by atoms with Crippen LogP contribution in [0.4, 0.5) is 0 Å². The third-order valence-electron chi connectivity index (χ3n) is 4.05. The van der Waals surface area contributed by atoms with E-state index >= 15 is 0 Å². The second-order valence-electron chi connectivity index (χ2n) is 6.24. The molecule has 1 amide bonds. The molecule has 0 saturated heterocycles. The van der Waals surface area contributed by atoms with Crippen molar-refractivity contribution >= 4 is 15.9 Å². The molecular weight excluding hydrogens is 380 g/mol. The molecule has 0 heterocycles. The molecule has 2 aromatic carbocycles. The molecule has 0 unspecified atom stereocenters. The topological polar surface area (TPSA) is 93.7 Å². The fraction of sp³-hybridized carbons (Fsp3) is 0.350. The van der Waals surface area contributed by atoms with Crippen molar-refractivity contribution in [2.24, 2.45) is 0 Å². The van der Waals surface area contributed by atoms with Gasteiger partial charge in [-0.25, -0.2) is 13.1 Å². The molecule has 0 radical (unpaired) electrons. The molecule has 8 heteroatoms. The summed E-state index contributed by atoms with van der Waals surface area (Å²) in [5, 5.41) is 2.64. The zero-order chi connectivity index (χ0) is 20.7. The van der Waals surface area contributed by atoms with Gasteiger partial charge in [-0.3, -0.25) is 4.79 Å². The average Bonchev–Trinajstić information content (AvgIpc) is 2.66. The van der Waals surface area contributed by atoms with Gasteiger partial charge >= 0.3 is 0 Å². The van der Waals surface area contributed by atoms with Crippen molar-refractivity contribution in [1.82, 2.24) is 10.0 Å². The minimum atomic E-state index is -3.79. The van der Waals surface area contributed by atoms with E-state index < -0.39 is 15.9 Å². The Labute approximate surface area is 166 Å². The maximum atomic E-state index is 12.5. The van der Waals surface area contributed by atoms with Crippen LogP contribution in [0.15, 0.2) is 41.3 Å². The normalized spacial score (nSPS) is 11.1. The minimum Gasteiger partial charge on any atom is -0.496 e. The summed E-state index contributed by atoms with van der Waals surface area (Å²) in [4.78, 5) is 12.1. The molecule has 0 aliphatic heterocycles. The molecule has 0 spiro atoms. The number of aryl methyl sites for hydroxylation is 2. The molecule has 0 fully saturated rings. The lowest BCUT2D eigenvalue weighted by molar-refractivity contribution is 0.0952. The first-order valence-electron chi connectivity index (χ1n) is 8.94. The van der Waals surface area contributed by atoms with Crippen LogP contribution in [0.2, 0.25) is 0 Å². The van der Waals surface area contributed by atoms with Crippen molar-refractivity contribution in [3.8, 4) is 11.5 Å². The largest absolute Gasteiger partial charge is 0.496 e. The van der Waals surface area contributed by atoms with Crippen molar-refractivity contribution in [1.29, 1.82) is 0 Å². The van der Waals surface area contributed by atoms with E-state index in [1.165, 1.54) is 25.3 Å². The number of hydrogen-bond acceptors (Lipinski definition) is 5. The number of carbonyl (C=O) groups excluding carboxylic acids is 1. The van der Waals surface area contributed by atoms with E-state index in [9.17, 15) is 13.2 Å². The number of ether oxygens (including phenoxy) is 2. The highest BCUT2D eigenvalue weighted by Crippen LogP contribution is 2.22. The highest BCUT2D eigenvalue weighted by Gasteiger charge is 2.19. The number of benzene rings is 2. The van der Waals surface area contributed by atoms with Crippen LogP contribution in [-0.4, -0.2) is 41.1 Å². The first-order valence-corrected chi connectivity index (χ1v) is 10.4. The van der Waals surface area contributed by atoms with Gasteiger partial charge in [-0.1, -0.05) is 17.7 Å². The zero-order valence-corrected chi connectivity index (χ0v) is 17.4. The second kappa shape index (κ2) is 9.57. The average molecular weight is 407 g/mol. The van der Waals surface area contributed by atoms with Crippen LogP contribution < -0.4 is 19.5 Å². The van der Waals surface area contributed by atoms with Crippen LogP contribution in [0.3, 0.4) is 0 Å². The minimum absolute atomic E-state index is 0.0129. The van der Waals surface area contributed by atoms with Gasteiger partial charge in [0.15, 0.2) is 0 Å². The molecule has 0 aliphatic carbocycles. The molecule has 152 valence electrons. The lowest BCUT2D eigenvalue weighted by atomic mass is 10.1. The maximum Gasteiger partial charge on any atom is 0.255 e. The van der Waals surface area contributed by atoms with Crippen LogP contribution in [0.25, 0.3) is 0 Å². The van der Waals surface area contributed by atoms with Gasteiger partial charge in [-0.15, -0.1) is 0 Å². The molecular formula is C20H26N2O5S. The Hall–Kier alpha value is -2.58. The Morgan fingerprint density at radius 1 is 1.07 bits per heavy atom. The van der Waals surface area contributed by atoms with E-state index in [0.717, 1.165) is 11.1 Å². The van der Waals surface area contributed by atoms with Crippen molar-refractivity contribution in [3.63, 3.8) is 0 Å². The number of sulfonamides is 1. The molecule has 7 nitrogen and oxygen atoms in total. The molecule has 28 heavy (non-hydrogen) atoms. The number of carbonyl (C=O) groups is 1. The Morgan fingerprint density at radius 3 is 2.43 bits per heavy atom. The summed E-state index contributed by atoms with van der Waals surface area (Å²) in [6.45, 7) is 6.41. The monoisotopic (exact) mass is 406 g/mol. The zero-order valence-electron chi connectivity index (χ0n) is 16.5. The number of nitrogens with one attached hydrogen (secondary N) is 2. The lowest BCUT2D eigenvalue weighted by Gasteiger charge is -2.13. The summed E-state index contributed by atoms with van der Waals surface area (Å²) >= 11 is 0. The molecule has 0 bridgehead atoms. The molecule has 2 rings (SSSR count). The van der Waals surface area contributed by atoms with Gasteiger partial charge in [0, 0.05) is 13.1 Å². The third kappa shape index (κ3) is 5.46. The van der Waals surface area contributed by atoms with E-state index in [4.69, 9.17) is 9.47 Å². The second-order valence-corrected chi connectivity index (χ2v) is 8.00. The van der Waals surface area contributed by atoms with E-state index in [1.807, 2.05) is 32.0 Å². The van der Waals surface area contributed by atoms with Crippen molar-refractivity contribution in [2.75, 3.05) is 26.8 Å². The van der Waals surface area contributed by atoms with Crippen molar-refractivity contribution < 1.29 is 22.7 Å². The van der Waals surface area contributed by atoms with E-state index in [1.54, 1.807) is 6.92 Å². The molecule has 0 aliphatic rings. The number of methoxy groups -OCH3 is 1. The van der Waals surface area contributed by atoms with Gasteiger partial charge in [0.25, 0.3) is 5.91 Å². The number of hydrogen-bond donors (Lipinski definition) is 2. The first-order chi connectivity index (χ1) is 13.3. The molecule has 2 N–H and O–H groups in total. The Bertz CT molecular complexity index is 942. The van der Waals surface area contributed by atoms with Crippen LogP contribution >= 0.6 is 0 Å². The Balaban J connectivity index is 2.05. The standard InChI is InChI=1S/C20H26N2O5S/c1-5-21-20(23)17-13-16(7-9-19(17)26-4)28(24,25)22-10-11-27-18-8-6-14(2)12-15(18)3/h6-9,12-13,22H,5,10-11H2,1-4H3,(H,21,23). The van der Waals surface area contributed by atoms with Crippen molar-refractivity contribution in [2.45, 2.75) is 25.7 Å². The van der Waals surface area contributed by atoms with Crippen LogP contribution in [0.1, 0.15) is 28.4 Å². The van der Waals surface area contributed by atoms with Gasteiger partial charge in [-0.2, -0.15) is 0 Å². The smallest absolute Gasteiger partial charge is 0.255 e. The van der Waals surface area contributed by atoms with E-state index in [2.05, 4.69) is 10.0 Å². The van der Waals surface area contributed by atoms with Crippen LogP contribution in [0, 0.1) is 13.8 Å². The Morgan fingerprint density at radius 2 is 1.79 bits per heavy atom. The fourth-order valence-electron chi connectivity index (χ4n) is 2.67. The van der Waals surface area contributed by atoms with Crippen LogP contribution in [-0.2, 0) is 10.0 Å². The van der Waals surface area contributed by atoms with E-state index in [0.29, 0.717) is 18.0 Å². The fourth-order valence-corrected chi connectivity index (χ4v) is 3.71. The number of amides is 1. The van der Waals surface area contributed by atoms with Gasteiger partial charge in [0.2, 0.25) is 10.0 Å². The number of rotatable bonds is 9. The Kier molecular flexibility index (Phi) is 7.42. The lowest BCUT2D eigenvalue weighted by Crippen LogP contribution is -2.29. The summed E-state index contributed by atoms with van der Waals surface area (Å²) < 4.78 is 38.4. The maximum absolute atomic E-state index is 12.5. The van der Waals surface area contributed by atoms with Crippen LogP contribution in [0.5, 0.6) is 11.5 Å². The first kappa shape index (κ1) is 21.7. The summed E-state index contributed by atoms with van der Waals surface area (Å²) in [6, 6.07) is 9.96. The third-order valence-corrected chi connectivity index (χ3v) is 5.50. The SMILES string of the molecule is CCNC(=O)c1cc(S(=O)(=O)NCCOc2ccc(C)cc2C)ccc1OC. The van der Waals surface area contributed by atoms with Crippen molar-refractivity contribution in [3.05, 3.63) is 53.1 Å². The quantitative estimate of drug-likeness (QED) is 0.624. The summed E-state index contributed by atoms with van der Waals surface area (Å²) in [5.74, 6) is 0.630. The molecule has 0 saturated carbocycles. The van der Waals surface area contributed by atoms with Gasteiger partial charge in [-0.05, 0) is 50.6 Å². The predicted octanol–water partition coefficient (Wildman–Crippen LogP) is 2.42.